The molecule has 5 heteroatoms. The first-order valence-corrected chi connectivity index (χ1v) is 11.7. The van der Waals surface area contributed by atoms with Crippen molar-refractivity contribution < 1.29 is 0 Å². The zero-order valence-electron chi connectivity index (χ0n) is 15.3. The minimum Gasteiger partial charge on any atom is -0.229 e. The molecule has 0 N–H and O–H groups in total. The van der Waals surface area contributed by atoms with Gasteiger partial charge in [0.2, 0.25) is 0 Å². The van der Waals surface area contributed by atoms with Crippen LogP contribution in [0.2, 0.25) is 19.6 Å². The van der Waals surface area contributed by atoms with Crippen LogP contribution in [0, 0.1) is 13.8 Å². The molecule has 1 heterocycles. The van der Waals surface area contributed by atoms with Gasteiger partial charge in [-0.3, -0.25) is 0 Å². The van der Waals surface area contributed by atoms with Crippen LogP contribution in [-0.2, 0) is 7.05 Å². The topological polar surface area (TPSA) is 43.6 Å². The van der Waals surface area contributed by atoms with Crippen LogP contribution in [0.1, 0.15) is 11.1 Å². The van der Waals surface area contributed by atoms with Crippen molar-refractivity contribution in [3.05, 3.63) is 47.5 Å². The molecule has 3 rings (SSSR count). The van der Waals surface area contributed by atoms with E-state index >= 15 is 0 Å². The molecule has 0 radical (unpaired) electrons. The molecule has 0 aliphatic rings. The van der Waals surface area contributed by atoms with Crippen molar-refractivity contribution >= 4 is 13.3 Å². The lowest BCUT2D eigenvalue weighted by Gasteiger charge is -2.21. The Hall–Kier alpha value is -2.27. The normalized spacial score (nSPS) is 11.8. The summed E-state index contributed by atoms with van der Waals surface area (Å²) in [6, 6.07) is 13.2. The molecule has 0 atom stereocenters. The first kappa shape index (κ1) is 16.6. The van der Waals surface area contributed by atoms with Gasteiger partial charge in [-0.25, -0.2) is 4.68 Å². The van der Waals surface area contributed by atoms with Gasteiger partial charge in [-0.15, -0.1) is 5.10 Å². The number of aromatic nitrogens is 4. The van der Waals surface area contributed by atoms with Gasteiger partial charge < -0.3 is 0 Å². The highest BCUT2D eigenvalue weighted by Gasteiger charge is 2.21. The Morgan fingerprint density at radius 1 is 0.917 bits per heavy atom. The Balaban J connectivity index is 2.34. The molecule has 0 unspecified atom stereocenters. The van der Waals surface area contributed by atoms with Crippen LogP contribution < -0.4 is 5.19 Å². The Morgan fingerprint density at radius 2 is 1.58 bits per heavy atom. The maximum absolute atomic E-state index is 4.24. The summed E-state index contributed by atoms with van der Waals surface area (Å²) in [5, 5.41) is 13.5. The maximum atomic E-state index is 4.24. The molecule has 3 aromatic rings. The minimum atomic E-state index is -1.41. The quantitative estimate of drug-likeness (QED) is 0.685. The molecule has 0 saturated carbocycles. The molecule has 24 heavy (non-hydrogen) atoms. The molecule has 4 nitrogen and oxygen atoms in total. The van der Waals surface area contributed by atoms with E-state index in [0.29, 0.717) is 0 Å². The predicted octanol–water partition coefficient (Wildman–Crippen LogP) is 3.71. The number of nitrogens with zero attached hydrogens (tertiary/aromatic N) is 4. The van der Waals surface area contributed by atoms with Crippen LogP contribution in [-0.4, -0.2) is 28.3 Å². The zero-order chi connectivity index (χ0) is 17.5. The first-order valence-electron chi connectivity index (χ1n) is 8.23. The predicted molar refractivity (Wildman–Crippen MR) is 102 cm³/mol. The van der Waals surface area contributed by atoms with Crippen LogP contribution in [0.3, 0.4) is 0 Å². The average Bonchev–Trinajstić information content (AvgIpc) is 2.92. The zero-order valence-corrected chi connectivity index (χ0v) is 16.3. The highest BCUT2D eigenvalue weighted by Crippen LogP contribution is 2.34. The third-order valence-corrected chi connectivity index (χ3v) is 6.54. The average molecular weight is 337 g/mol. The molecule has 0 aliphatic carbocycles. The number of rotatable bonds is 3. The lowest BCUT2D eigenvalue weighted by Crippen LogP contribution is -2.37. The van der Waals surface area contributed by atoms with E-state index in [0.717, 1.165) is 11.4 Å². The molecule has 1 aromatic heterocycles. The Kier molecular flexibility index (Phi) is 4.13. The van der Waals surface area contributed by atoms with Crippen LogP contribution in [0.25, 0.3) is 22.5 Å². The van der Waals surface area contributed by atoms with Crippen molar-refractivity contribution in [3.8, 4) is 22.5 Å². The third-order valence-electron chi connectivity index (χ3n) is 4.50. The summed E-state index contributed by atoms with van der Waals surface area (Å²) in [4.78, 5) is 0. The van der Waals surface area contributed by atoms with Gasteiger partial charge in [0.05, 0.1) is 8.07 Å². The Labute approximate surface area is 144 Å². The lowest BCUT2D eigenvalue weighted by molar-refractivity contribution is 0.715. The van der Waals surface area contributed by atoms with E-state index in [2.05, 4.69) is 85.4 Å². The number of tetrazole rings is 1. The fraction of sp³-hybridized carbons (Fsp3) is 0.316. The molecular weight excluding hydrogens is 312 g/mol. The smallest absolute Gasteiger partial charge is 0.182 e. The second-order valence-electron chi connectivity index (χ2n) is 7.40. The van der Waals surface area contributed by atoms with E-state index in [4.69, 9.17) is 0 Å². The fourth-order valence-electron chi connectivity index (χ4n) is 3.11. The van der Waals surface area contributed by atoms with E-state index < -0.39 is 8.07 Å². The van der Waals surface area contributed by atoms with Gasteiger partial charge in [0.1, 0.15) is 0 Å². The standard InChI is InChI=1S/C19H24N4Si/c1-13-8-7-9-14(2)18(13)17-12-15(24(4,5)6)10-11-16(17)19-20-21-22-23(19)3/h7-12H,1-6H3. The van der Waals surface area contributed by atoms with Gasteiger partial charge in [-0.05, 0) is 46.5 Å². The van der Waals surface area contributed by atoms with Gasteiger partial charge in [0, 0.05) is 12.6 Å². The van der Waals surface area contributed by atoms with E-state index in [1.807, 2.05) is 7.05 Å². The molecule has 124 valence electrons. The van der Waals surface area contributed by atoms with Crippen LogP contribution in [0.4, 0.5) is 0 Å². The number of benzene rings is 2. The number of aryl methyl sites for hydroxylation is 3. The van der Waals surface area contributed by atoms with Crippen molar-refractivity contribution in [2.75, 3.05) is 0 Å². The SMILES string of the molecule is Cc1cccc(C)c1-c1cc([Si](C)(C)C)ccc1-c1nnnn1C. The number of hydrogen-bond donors (Lipinski definition) is 0. The second-order valence-corrected chi connectivity index (χ2v) is 12.5. The van der Waals surface area contributed by atoms with Crippen molar-refractivity contribution in [1.29, 1.82) is 0 Å². The molecule has 0 saturated heterocycles. The van der Waals surface area contributed by atoms with Gasteiger partial charge in [-0.1, -0.05) is 61.2 Å². The summed E-state index contributed by atoms with van der Waals surface area (Å²) < 4.78 is 1.74. The van der Waals surface area contributed by atoms with Crippen LogP contribution in [0.5, 0.6) is 0 Å². The molecule has 2 aromatic carbocycles. The van der Waals surface area contributed by atoms with Crippen molar-refractivity contribution in [3.63, 3.8) is 0 Å². The van der Waals surface area contributed by atoms with Crippen LogP contribution in [0.15, 0.2) is 36.4 Å². The molecule has 0 aliphatic heterocycles. The summed E-state index contributed by atoms with van der Waals surface area (Å²) in [6.45, 7) is 11.5. The molecule has 0 bridgehead atoms. The van der Waals surface area contributed by atoms with E-state index in [1.54, 1.807) is 4.68 Å². The highest BCUT2D eigenvalue weighted by atomic mass is 28.3. The fourth-order valence-corrected chi connectivity index (χ4v) is 4.27. The van der Waals surface area contributed by atoms with Gasteiger partial charge >= 0.3 is 0 Å². The number of hydrogen-bond acceptors (Lipinski definition) is 3. The monoisotopic (exact) mass is 336 g/mol. The van der Waals surface area contributed by atoms with Crippen molar-refractivity contribution in [2.24, 2.45) is 7.05 Å². The summed E-state index contributed by atoms with van der Waals surface area (Å²) >= 11 is 0. The summed E-state index contributed by atoms with van der Waals surface area (Å²) in [5.41, 5.74) is 6.15. The molecular formula is C19H24N4Si. The third kappa shape index (κ3) is 2.91. The lowest BCUT2D eigenvalue weighted by atomic mass is 9.92. The minimum absolute atomic E-state index is 0.801. The summed E-state index contributed by atoms with van der Waals surface area (Å²) in [7, 11) is 0.473. The van der Waals surface area contributed by atoms with Crippen LogP contribution >= 0.6 is 0 Å². The molecule has 0 spiro atoms. The van der Waals surface area contributed by atoms with Gasteiger partial charge in [0.15, 0.2) is 5.82 Å². The van der Waals surface area contributed by atoms with E-state index in [1.165, 1.54) is 27.4 Å². The summed E-state index contributed by atoms with van der Waals surface area (Å²) in [6.07, 6.45) is 0. The largest absolute Gasteiger partial charge is 0.229 e. The van der Waals surface area contributed by atoms with E-state index in [-0.39, 0.29) is 0 Å². The Morgan fingerprint density at radius 3 is 2.12 bits per heavy atom. The first-order chi connectivity index (χ1) is 11.3. The van der Waals surface area contributed by atoms with Gasteiger partial charge in [-0.2, -0.15) is 0 Å². The Bertz CT molecular complexity index is 870. The van der Waals surface area contributed by atoms with E-state index in [9.17, 15) is 0 Å². The highest BCUT2D eigenvalue weighted by molar-refractivity contribution is 6.88. The maximum Gasteiger partial charge on any atom is 0.182 e. The second kappa shape index (κ2) is 5.98. The van der Waals surface area contributed by atoms with Gasteiger partial charge in [0.25, 0.3) is 0 Å². The molecule has 0 fully saturated rings. The van der Waals surface area contributed by atoms with Crippen molar-refractivity contribution in [1.82, 2.24) is 20.2 Å². The van der Waals surface area contributed by atoms with Crippen molar-refractivity contribution in [2.45, 2.75) is 33.5 Å². The summed E-state index contributed by atoms with van der Waals surface area (Å²) in [5.74, 6) is 0.801. The molecule has 0 amide bonds.